The molecule has 0 saturated carbocycles. The van der Waals surface area contributed by atoms with Gasteiger partial charge < -0.3 is 19.9 Å². The zero-order chi connectivity index (χ0) is 26.4. The molecule has 4 rings (SSSR count). The van der Waals surface area contributed by atoms with E-state index in [-0.39, 0.29) is 48.5 Å². The molecule has 0 fully saturated rings. The fourth-order valence-corrected chi connectivity index (χ4v) is 4.37. The molecule has 0 aliphatic heterocycles. The fraction of sp³-hybridized carbons (Fsp3) is 0.115. The van der Waals surface area contributed by atoms with Crippen molar-refractivity contribution in [2.45, 2.75) is 13.2 Å². The molecule has 0 spiro atoms. The van der Waals surface area contributed by atoms with E-state index in [4.69, 9.17) is 29.3 Å². The van der Waals surface area contributed by atoms with Crippen molar-refractivity contribution in [1.29, 1.82) is 0 Å². The van der Waals surface area contributed by atoms with Gasteiger partial charge in [0.25, 0.3) is 0 Å². The summed E-state index contributed by atoms with van der Waals surface area (Å²) in [5.74, 6) is -1.41. The quantitative estimate of drug-likeness (QED) is 0.0946. The van der Waals surface area contributed by atoms with E-state index in [0.29, 0.717) is 33.0 Å². The minimum atomic E-state index is -1.24. The van der Waals surface area contributed by atoms with Crippen molar-refractivity contribution in [3.05, 3.63) is 106 Å². The largest absolute Gasteiger partial charge is 1.00 e. The molecule has 0 saturated heterocycles. The van der Waals surface area contributed by atoms with Crippen molar-refractivity contribution < 1.29 is 49.4 Å². The van der Waals surface area contributed by atoms with E-state index in [2.05, 4.69) is 22.3 Å². The van der Waals surface area contributed by atoms with Gasteiger partial charge >= 0.3 is 29.6 Å². The van der Waals surface area contributed by atoms with Crippen molar-refractivity contribution in [2.24, 2.45) is 0 Å². The van der Waals surface area contributed by atoms with Crippen LogP contribution in [0.25, 0.3) is 11.4 Å². The molecular weight excluding hydrogens is 533 g/mol. The molecule has 1 heterocycles. The van der Waals surface area contributed by atoms with Crippen LogP contribution >= 0.6 is 24.4 Å². The van der Waals surface area contributed by atoms with Gasteiger partial charge in [0.05, 0.1) is 30.5 Å². The minimum Gasteiger partial charge on any atom is -0.548 e. The van der Waals surface area contributed by atoms with Crippen molar-refractivity contribution in [3.8, 4) is 5.69 Å². The molecular formula is C26H24N5NaO4S2. The third-order valence-electron chi connectivity index (χ3n) is 5.47. The van der Waals surface area contributed by atoms with Gasteiger partial charge in [0.2, 0.25) is 0 Å². The molecule has 0 radical (unpaired) electrons. The van der Waals surface area contributed by atoms with E-state index >= 15 is 0 Å². The third-order valence-corrected chi connectivity index (χ3v) is 6.03. The van der Waals surface area contributed by atoms with Gasteiger partial charge in [-0.2, -0.15) is 0 Å². The van der Waals surface area contributed by atoms with Crippen molar-refractivity contribution in [1.82, 2.24) is 14.8 Å². The number of H-pyrrole nitrogens is 2. The number of hydrogen-bond acceptors (Lipinski definition) is 8. The van der Waals surface area contributed by atoms with Crippen LogP contribution in [0.5, 0.6) is 0 Å². The van der Waals surface area contributed by atoms with Crippen LogP contribution in [0.15, 0.2) is 79.4 Å². The predicted molar refractivity (Wildman–Crippen MR) is 145 cm³/mol. The molecule has 0 unspecified atom stereocenters. The van der Waals surface area contributed by atoms with Gasteiger partial charge in [-0.3, -0.25) is 25.1 Å². The van der Waals surface area contributed by atoms with Crippen LogP contribution in [0.3, 0.4) is 0 Å². The van der Waals surface area contributed by atoms with Gasteiger partial charge in [0.1, 0.15) is 5.76 Å². The van der Waals surface area contributed by atoms with Crippen molar-refractivity contribution in [3.63, 3.8) is 0 Å². The number of carboxylic acids is 1. The van der Waals surface area contributed by atoms with Crippen LogP contribution in [-0.2, 0) is 22.8 Å². The molecule has 4 aromatic rings. The molecule has 9 nitrogen and oxygen atoms in total. The number of carboxylic acid groups (broad SMARTS) is 1. The molecule has 190 valence electrons. The Morgan fingerprint density at radius 1 is 1.03 bits per heavy atom. The Morgan fingerprint density at radius 3 is 2.39 bits per heavy atom. The Bertz CT molecular complexity index is 1510. The summed E-state index contributed by atoms with van der Waals surface area (Å²) >= 11 is 10.5. The first-order valence-electron chi connectivity index (χ1n) is 11.2. The number of aliphatic carboxylic acids is 1. The number of aliphatic hydroxyl groups excluding tert-OH is 1. The Kier molecular flexibility index (Phi) is 10.5. The summed E-state index contributed by atoms with van der Waals surface area (Å²) < 4.78 is 2.57. The number of nitrogens with one attached hydrogen (secondary N) is 3. The summed E-state index contributed by atoms with van der Waals surface area (Å²) in [6.45, 7) is 3.72. The van der Waals surface area contributed by atoms with Crippen LogP contribution in [-0.4, -0.2) is 32.4 Å². The van der Waals surface area contributed by atoms with E-state index in [1.54, 1.807) is 27.7 Å². The van der Waals surface area contributed by atoms with Crippen LogP contribution in [0.1, 0.15) is 16.7 Å². The van der Waals surface area contributed by atoms with Crippen LogP contribution in [0.4, 0.5) is 11.4 Å². The number of nitrogens with zero attached hydrogens (tertiary/aromatic N) is 2. The molecule has 3 aromatic carbocycles. The zero-order valence-electron chi connectivity index (χ0n) is 20.6. The number of benzene rings is 3. The van der Waals surface area contributed by atoms with Crippen molar-refractivity contribution >= 4 is 47.5 Å². The van der Waals surface area contributed by atoms with Gasteiger partial charge in [0, 0.05) is 17.8 Å². The number of aromatic amines is 2. The number of aromatic nitrogens is 3. The predicted octanol–water partition coefficient (Wildman–Crippen LogP) is 1.43. The first kappa shape index (κ1) is 29.4. The van der Waals surface area contributed by atoms with E-state index in [1.807, 2.05) is 54.6 Å². The van der Waals surface area contributed by atoms with Crippen LogP contribution in [0.2, 0.25) is 0 Å². The van der Waals surface area contributed by atoms with Crippen LogP contribution < -0.4 is 45.0 Å². The Balaban J connectivity index is 0.00000400. The third kappa shape index (κ3) is 7.44. The van der Waals surface area contributed by atoms with E-state index < -0.39 is 5.97 Å². The first-order chi connectivity index (χ1) is 17.8. The van der Waals surface area contributed by atoms with Gasteiger partial charge in [-0.1, -0.05) is 49.0 Å². The van der Waals surface area contributed by atoms with E-state index in [0.717, 1.165) is 16.8 Å². The second-order valence-corrected chi connectivity index (χ2v) is 8.92. The number of rotatable bonds is 11. The Labute approximate surface area is 251 Å². The van der Waals surface area contributed by atoms with Crippen molar-refractivity contribution in [2.75, 3.05) is 16.9 Å². The SMILES string of the molecule is C=C(O)c1ccc(CONc2cccc(-n3c(=S)[nH][nH]c3=S)c2)cc1N(CC(=O)[O-])Cc1ccccc1.[Na+]. The first-order valence-corrected chi connectivity index (χ1v) is 12.0. The fourth-order valence-electron chi connectivity index (χ4n) is 3.82. The molecule has 0 aliphatic rings. The average Bonchev–Trinajstić information content (AvgIpc) is 3.21. The van der Waals surface area contributed by atoms with Gasteiger partial charge in [-0.05, 0) is 65.9 Å². The van der Waals surface area contributed by atoms with Crippen LogP contribution in [0, 0.1) is 9.54 Å². The summed E-state index contributed by atoms with van der Waals surface area (Å²) in [5, 5.41) is 27.3. The summed E-state index contributed by atoms with van der Waals surface area (Å²) in [6, 6.07) is 22.0. The smallest absolute Gasteiger partial charge is 0.548 e. The van der Waals surface area contributed by atoms with E-state index in [9.17, 15) is 15.0 Å². The van der Waals surface area contributed by atoms with Gasteiger partial charge in [-0.15, -0.1) is 0 Å². The van der Waals surface area contributed by atoms with Gasteiger partial charge in [-0.25, -0.2) is 0 Å². The molecule has 4 N–H and O–H groups in total. The standard InChI is InChI=1S/C26H25N5O4S2.Na/c1-17(32)22-11-10-19(12-23(22)30(15-24(33)34)14-18-6-3-2-4-7-18)16-35-29-20-8-5-9-21(13-20)31-25(36)27-28-26(31)37;/h2-13,29,32H,1,14-16H2,(H,27,36)(H,28,37)(H,33,34);/q;+1/p-1. The maximum absolute atomic E-state index is 11.5. The Morgan fingerprint density at radius 2 is 1.74 bits per heavy atom. The summed E-state index contributed by atoms with van der Waals surface area (Å²) in [4.78, 5) is 18.9. The minimum absolute atomic E-state index is 0. The Hall–Kier alpha value is -3.19. The number of carbonyl (C=O) groups excluding carboxylic acids is 1. The number of hydrogen-bond donors (Lipinski definition) is 4. The monoisotopic (exact) mass is 557 g/mol. The number of carbonyl (C=O) groups is 1. The second-order valence-electron chi connectivity index (χ2n) is 8.15. The normalized spacial score (nSPS) is 10.4. The molecule has 0 atom stereocenters. The number of anilines is 2. The molecule has 38 heavy (non-hydrogen) atoms. The second kappa shape index (κ2) is 13.6. The number of aliphatic hydroxyl groups is 1. The molecule has 0 amide bonds. The molecule has 12 heteroatoms. The summed E-state index contributed by atoms with van der Waals surface area (Å²) in [7, 11) is 0. The summed E-state index contributed by atoms with van der Waals surface area (Å²) in [6.07, 6.45) is 0. The molecule has 0 bridgehead atoms. The maximum atomic E-state index is 11.5. The molecule has 1 aromatic heterocycles. The maximum Gasteiger partial charge on any atom is 1.00 e. The zero-order valence-corrected chi connectivity index (χ0v) is 24.3. The molecule has 0 aliphatic carbocycles. The summed E-state index contributed by atoms with van der Waals surface area (Å²) in [5.41, 5.74) is 6.91. The topological polar surface area (TPSA) is 121 Å². The van der Waals surface area contributed by atoms with E-state index in [1.165, 1.54) is 0 Å². The van der Waals surface area contributed by atoms with Gasteiger partial charge in [0.15, 0.2) is 9.54 Å². The average molecular weight is 558 g/mol.